The SMILES string of the molecule is Cc1sc(NC(=O)[C@@H]2CCCC[C@@H]2C(=O)O)nc1-c1ccccc1. The highest BCUT2D eigenvalue weighted by Gasteiger charge is 2.36. The Labute approximate surface area is 144 Å². The number of thiazole rings is 1. The fourth-order valence-electron chi connectivity index (χ4n) is 3.25. The molecule has 1 heterocycles. The van der Waals surface area contributed by atoms with Gasteiger partial charge in [0.2, 0.25) is 5.91 Å². The van der Waals surface area contributed by atoms with Crippen LogP contribution >= 0.6 is 11.3 Å². The molecule has 24 heavy (non-hydrogen) atoms. The fourth-order valence-corrected chi connectivity index (χ4v) is 4.09. The summed E-state index contributed by atoms with van der Waals surface area (Å²) in [5, 5.41) is 12.7. The number of aliphatic carboxylic acids is 1. The van der Waals surface area contributed by atoms with Crippen LogP contribution in [-0.2, 0) is 9.59 Å². The summed E-state index contributed by atoms with van der Waals surface area (Å²) >= 11 is 1.42. The molecule has 2 N–H and O–H groups in total. The van der Waals surface area contributed by atoms with Crippen LogP contribution in [0.5, 0.6) is 0 Å². The zero-order chi connectivity index (χ0) is 17.1. The Hall–Kier alpha value is -2.21. The Bertz CT molecular complexity index is 742. The van der Waals surface area contributed by atoms with E-state index in [1.165, 1.54) is 11.3 Å². The Morgan fingerprint density at radius 1 is 1.17 bits per heavy atom. The molecule has 1 aromatic carbocycles. The molecular formula is C18H20N2O3S. The van der Waals surface area contributed by atoms with Gasteiger partial charge in [-0.1, -0.05) is 43.2 Å². The molecule has 0 unspecified atom stereocenters. The van der Waals surface area contributed by atoms with Crippen LogP contribution in [0.4, 0.5) is 5.13 Å². The molecule has 0 spiro atoms. The van der Waals surface area contributed by atoms with Gasteiger partial charge in [-0.05, 0) is 19.8 Å². The monoisotopic (exact) mass is 344 g/mol. The number of amides is 1. The lowest BCUT2D eigenvalue weighted by molar-refractivity contribution is -0.147. The minimum absolute atomic E-state index is 0.226. The van der Waals surface area contributed by atoms with Crippen LogP contribution in [0.1, 0.15) is 30.6 Å². The Morgan fingerprint density at radius 3 is 2.50 bits per heavy atom. The number of carboxylic acids is 1. The van der Waals surface area contributed by atoms with Crippen molar-refractivity contribution in [3.63, 3.8) is 0 Å². The van der Waals surface area contributed by atoms with Crippen LogP contribution < -0.4 is 5.32 Å². The van der Waals surface area contributed by atoms with E-state index in [0.717, 1.165) is 29.0 Å². The number of nitrogens with zero attached hydrogens (tertiary/aromatic N) is 1. The minimum Gasteiger partial charge on any atom is -0.481 e. The normalized spacial score (nSPS) is 20.5. The molecule has 126 valence electrons. The number of carbonyl (C=O) groups is 2. The molecule has 1 fully saturated rings. The lowest BCUT2D eigenvalue weighted by atomic mass is 9.79. The van der Waals surface area contributed by atoms with Crippen molar-refractivity contribution in [3.8, 4) is 11.3 Å². The summed E-state index contributed by atoms with van der Waals surface area (Å²) in [5.74, 6) is -2.17. The average molecular weight is 344 g/mol. The van der Waals surface area contributed by atoms with E-state index in [-0.39, 0.29) is 5.91 Å². The summed E-state index contributed by atoms with van der Waals surface area (Å²) in [6, 6.07) is 9.81. The number of hydrogen-bond donors (Lipinski definition) is 2. The molecule has 1 aromatic heterocycles. The Kier molecular flexibility index (Phi) is 4.94. The van der Waals surface area contributed by atoms with E-state index >= 15 is 0 Å². The van der Waals surface area contributed by atoms with Crippen molar-refractivity contribution in [2.75, 3.05) is 5.32 Å². The van der Waals surface area contributed by atoms with Gasteiger partial charge in [0, 0.05) is 10.4 Å². The Morgan fingerprint density at radius 2 is 1.83 bits per heavy atom. The Balaban J connectivity index is 1.76. The number of aryl methyl sites for hydroxylation is 1. The van der Waals surface area contributed by atoms with Crippen molar-refractivity contribution in [1.82, 2.24) is 4.98 Å². The maximum atomic E-state index is 12.5. The molecule has 2 aromatic rings. The standard InChI is InChI=1S/C18H20N2O3S/c1-11-15(12-7-3-2-4-8-12)19-18(24-11)20-16(21)13-9-5-6-10-14(13)17(22)23/h2-4,7-8,13-14H,5-6,9-10H2,1H3,(H,22,23)(H,19,20,21)/t13-,14+/m1/s1. The summed E-state index contributed by atoms with van der Waals surface area (Å²) in [4.78, 5) is 29.5. The number of hydrogen-bond acceptors (Lipinski definition) is 4. The highest BCUT2D eigenvalue weighted by molar-refractivity contribution is 7.16. The average Bonchev–Trinajstić information content (AvgIpc) is 2.96. The molecule has 1 amide bonds. The fraction of sp³-hybridized carbons (Fsp3) is 0.389. The second-order valence-corrected chi connectivity index (χ2v) is 7.32. The van der Waals surface area contributed by atoms with Crippen molar-refractivity contribution in [2.45, 2.75) is 32.6 Å². The van der Waals surface area contributed by atoms with Crippen molar-refractivity contribution in [1.29, 1.82) is 0 Å². The van der Waals surface area contributed by atoms with E-state index in [9.17, 15) is 14.7 Å². The minimum atomic E-state index is -0.879. The van der Waals surface area contributed by atoms with Gasteiger partial charge in [0.1, 0.15) is 0 Å². The van der Waals surface area contributed by atoms with Crippen LogP contribution in [0.15, 0.2) is 30.3 Å². The molecule has 1 aliphatic rings. The van der Waals surface area contributed by atoms with Crippen LogP contribution in [0.2, 0.25) is 0 Å². The zero-order valence-corrected chi connectivity index (χ0v) is 14.3. The number of benzene rings is 1. The van der Waals surface area contributed by atoms with Crippen LogP contribution in [-0.4, -0.2) is 22.0 Å². The molecule has 1 saturated carbocycles. The molecule has 0 bridgehead atoms. The zero-order valence-electron chi connectivity index (χ0n) is 13.5. The number of nitrogens with one attached hydrogen (secondary N) is 1. The molecular weight excluding hydrogens is 324 g/mol. The van der Waals surface area contributed by atoms with Crippen molar-refractivity contribution >= 4 is 28.3 Å². The number of aromatic nitrogens is 1. The summed E-state index contributed by atoms with van der Waals surface area (Å²) in [6.45, 7) is 1.97. The molecule has 0 saturated heterocycles. The maximum absolute atomic E-state index is 12.5. The predicted molar refractivity (Wildman–Crippen MR) is 94.0 cm³/mol. The highest BCUT2D eigenvalue weighted by Crippen LogP contribution is 2.33. The predicted octanol–water partition coefficient (Wildman–Crippen LogP) is 3.95. The first-order chi connectivity index (χ1) is 11.6. The van der Waals surface area contributed by atoms with Crippen molar-refractivity contribution in [3.05, 3.63) is 35.2 Å². The number of carboxylic acid groups (broad SMARTS) is 1. The second kappa shape index (κ2) is 7.13. The summed E-state index contributed by atoms with van der Waals surface area (Å²) < 4.78 is 0. The van der Waals surface area contributed by atoms with Gasteiger partial charge < -0.3 is 10.4 Å². The third-order valence-electron chi connectivity index (χ3n) is 4.49. The van der Waals surface area contributed by atoms with Crippen molar-refractivity contribution < 1.29 is 14.7 Å². The van der Waals surface area contributed by atoms with Gasteiger partial charge in [-0.3, -0.25) is 9.59 Å². The second-order valence-electron chi connectivity index (χ2n) is 6.11. The highest BCUT2D eigenvalue weighted by atomic mass is 32.1. The van der Waals surface area contributed by atoms with Gasteiger partial charge in [-0.2, -0.15) is 0 Å². The van der Waals surface area contributed by atoms with Gasteiger partial charge >= 0.3 is 5.97 Å². The lowest BCUT2D eigenvalue weighted by Crippen LogP contribution is -2.36. The summed E-state index contributed by atoms with van der Waals surface area (Å²) in [5.41, 5.74) is 1.86. The molecule has 5 nitrogen and oxygen atoms in total. The largest absolute Gasteiger partial charge is 0.481 e. The smallest absolute Gasteiger partial charge is 0.307 e. The third kappa shape index (κ3) is 3.48. The lowest BCUT2D eigenvalue weighted by Gasteiger charge is -2.26. The quantitative estimate of drug-likeness (QED) is 0.880. The summed E-state index contributed by atoms with van der Waals surface area (Å²) in [6.07, 6.45) is 2.96. The van der Waals surface area contributed by atoms with E-state index in [2.05, 4.69) is 10.3 Å². The number of anilines is 1. The van der Waals surface area contributed by atoms with Crippen LogP contribution in [0.25, 0.3) is 11.3 Å². The first-order valence-electron chi connectivity index (χ1n) is 8.13. The molecule has 6 heteroatoms. The van der Waals surface area contributed by atoms with E-state index in [0.29, 0.717) is 18.0 Å². The maximum Gasteiger partial charge on any atom is 0.307 e. The van der Waals surface area contributed by atoms with Crippen molar-refractivity contribution in [2.24, 2.45) is 11.8 Å². The van der Waals surface area contributed by atoms with Gasteiger partial charge in [0.25, 0.3) is 0 Å². The summed E-state index contributed by atoms with van der Waals surface area (Å²) in [7, 11) is 0. The van der Waals surface area contributed by atoms with Crippen LogP contribution in [0, 0.1) is 18.8 Å². The molecule has 0 radical (unpaired) electrons. The van der Waals surface area contributed by atoms with Gasteiger partial charge in [0.15, 0.2) is 5.13 Å². The molecule has 2 atom stereocenters. The van der Waals surface area contributed by atoms with Crippen LogP contribution in [0.3, 0.4) is 0 Å². The molecule has 0 aliphatic heterocycles. The number of carbonyl (C=O) groups excluding carboxylic acids is 1. The molecule has 1 aliphatic carbocycles. The first kappa shape index (κ1) is 16.6. The van der Waals surface area contributed by atoms with E-state index in [1.54, 1.807) is 0 Å². The van der Waals surface area contributed by atoms with Gasteiger partial charge in [-0.25, -0.2) is 4.98 Å². The van der Waals surface area contributed by atoms with E-state index in [1.807, 2.05) is 37.3 Å². The van der Waals surface area contributed by atoms with E-state index < -0.39 is 17.8 Å². The first-order valence-corrected chi connectivity index (χ1v) is 8.94. The van der Waals surface area contributed by atoms with Gasteiger partial charge in [0.05, 0.1) is 17.5 Å². The topological polar surface area (TPSA) is 79.3 Å². The van der Waals surface area contributed by atoms with Gasteiger partial charge in [-0.15, -0.1) is 11.3 Å². The molecule has 3 rings (SSSR count). The number of rotatable bonds is 4. The third-order valence-corrected chi connectivity index (χ3v) is 5.38. The van der Waals surface area contributed by atoms with E-state index in [4.69, 9.17) is 0 Å².